The summed E-state index contributed by atoms with van der Waals surface area (Å²) in [5, 5.41) is 2.97. The third-order valence-electron chi connectivity index (χ3n) is 3.01. The minimum atomic E-state index is -0.644. The monoisotopic (exact) mass is 242 g/mol. The van der Waals surface area contributed by atoms with Gasteiger partial charge in [0.2, 0.25) is 5.91 Å². The Hall–Kier alpha value is -1.10. The zero-order valence-electron chi connectivity index (χ0n) is 11.1. The number of carbonyl (C=O) groups is 2. The van der Waals surface area contributed by atoms with E-state index in [0.717, 1.165) is 12.8 Å². The average molecular weight is 242 g/mol. The Morgan fingerprint density at radius 3 is 2.41 bits per heavy atom. The molecule has 1 fully saturated rings. The van der Waals surface area contributed by atoms with Crippen molar-refractivity contribution in [1.82, 2.24) is 10.2 Å². The molecule has 0 atom stereocenters. The van der Waals surface area contributed by atoms with Gasteiger partial charge >= 0.3 is 5.97 Å². The van der Waals surface area contributed by atoms with Crippen LogP contribution in [0.15, 0.2) is 0 Å². The van der Waals surface area contributed by atoms with Gasteiger partial charge in [-0.3, -0.25) is 9.59 Å². The third-order valence-corrected chi connectivity index (χ3v) is 3.01. The van der Waals surface area contributed by atoms with Gasteiger partial charge in [0.1, 0.15) is 6.54 Å². The van der Waals surface area contributed by atoms with Gasteiger partial charge in [0.15, 0.2) is 0 Å². The maximum atomic E-state index is 12.3. The van der Waals surface area contributed by atoms with E-state index in [1.807, 2.05) is 13.8 Å². The van der Waals surface area contributed by atoms with Crippen LogP contribution in [0.4, 0.5) is 0 Å². The lowest BCUT2D eigenvalue weighted by Crippen LogP contribution is -2.54. The van der Waals surface area contributed by atoms with E-state index in [-0.39, 0.29) is 24.5 Å². The van der Waals surface area contributed by atoms with E-state index >= 15 is 0 Å². The highest BCUT2D eigenvalue weighted by Gasteiger charge is 2.39. The molecule has 1 aliphatic rings. The van der Waals surface area contributed by atoms with E-state index in [1.54, 1.807) is 18.9 Å². The van der Waals surface area contributed by atoms with Gasteiger partial charge in [-0.2, -0.15) is 0 Å². The molecule has 0 saturated heterocycles. The summed E-state index contributed by atoms with van der Waals surface area (Å²) in [6, 6.07) is 0.208. The summed E-state index contributed by atoms with van der Waals surface area (Å²) in [4.78, 5) is 25.4. The van der Waals surface area contributed by atoms with Crippen LogP contribution >= 0.6 is 0 Å². The molecule has 1 amide bonds. The molecule has 1 N–H and O–H groups in total. The van der Waals surface area contributed by atoms with Crippen molar-refractivity contribution in [3.8, 4) is 0 Å². The van der Waals surface area contributed by atoms with Crippen molar-refractivity contribution in [2.45, 2.75) is 45.2 Å². The summed E-state index contributed by atoms with van der Waals surface area (Å²) in [5.41, 5.74) is -0.644. The van der Waals surface area contributed by atoms with Crippen molar-refractivity contribution in [1.29, 1.82) is 0 Å². The number of likely N-dealkylation sites (N-methyl/N-ethyl adjacent to an activating group) is 1. The first-order chi connectivity index (χ1) is 7.92. The highest BCUT2D eigenvalue weighted by atomic mass is 16.5. The molecule has 0 heterocycles. The van der Waals surface area contributed by atoms with Crippen molar-refractivity contribution in [3.63, 3.8) is 0 Å². The van der Waals surface area contributed by atoms with E-state index in [4.69, 9.17) is 4.74 Å². The van der Waals surface area contributed by atoms with Crippen LogP contribution in [0.3, 0.4) is 0 Å². The van der Waals surface area contributed by atoms with E-state index in [0.29, 0.717) is 6.61 Å². The standard InChI is InChI=1S/C12H22N2O3/c1-5-17-10(15)8-14(9-6-7-9)11(16)12(2,3)13-4/h9,13H,5-8H2,1-4H3. The maximum absolute atomic E-state index is 12.3. The molecular formula is C12H22N2O3. The van der Waals surface area contributed by atoms with Crippen LogP contribution in [-0.4, -0.2) is 48.6 Å². The lowest BCUT2D eigenvalue weighted by Gasteiger charge is -2.31. The Balaban J connectivity index is 2.66. The number of esters is 1. The maximum Gasteiger partial charge on any atom is 0.325 e. The fourth-order valence-corrected chi connectivity index (χ4v) is 1.56. The second-order valence-electron chi connectivity index (χ2n) is 4.84. The number of nitrogens with one attached hydrogen (secondary N) is 1. The lowest BCUT2D eigenvalue weighted by atomic mass is 10.0. The van der Waals surface area contributed by atoms with E-state index in [1.165, 1.54) is 0 Å². The molecule has 0 spiro atoms. The zero-order valence-corrected chi connectivity index (χ0v) is 11.1. The molecule has 0 aromatic carbocycles. The van der Waals surface area contributed by atoms with Crippen molar-refractivity contribution in [2.24, 2.45) is 0 Å². The Kier molecular flexibility index (Phi) is 4.51. The van der Waals surface area contributed by atoms with Crippen LogP contribution < -0.4 is 5.32 Å². The van der Waals surface area contributed by atoms with Gasteiger partial charge in [-0.05, 0) is 40.7 Å². The van der Waals surface area contributed by atoms with Gasteiger partial charge in [0, 0.05) is 6.04 Å². The van der Waals surface area contributed by atoms with Crippen molar-refractivity contribution >= 4 is 11.9 Å². The summed E-state index contributed by atoms with van der Waals surface area (Å²) in [6.45, 7) is 5.80. The number of rotatable bonds is 6. The molecule has 0 bridgehead atoms. The van der Waals surface area contributed by atoms with Gasteiger partial charge < -0.3 is 15.0 Å². The molecule has 1 saturated carbocycles. The first kappa shape index (κ1) is 14.0. The van der Waals surface area contributed by atoms with Crippen LogP contribution in [0.5, 0.6) is 0 Å². The molecule has 5 nitrogen and oxygen atoms in total. The molecule has 0 aromatic rings. The van der Waals surface area contributed by atoms with Crippen LogP contribution in [0.25, 0.3) is 0 Å². The SMILES string of the molecule is CCOC(=O)CN(C(=O)C(C)(C)NC)C1CC1. The summed E-state index contributed by atoms with van der Waals surface area (Å²) in [5.74, 6) is -0.379. The van der Waals surface area contributed by atoms with Crippen LogP contribution in [0.1, 0.15) is 33.6 Å². The molecule has 0 unspecified atom stereocenters. The van der Waals surface area contributed by atoms with Gasteiger partial charge in [-0.25, -0.2) is 0 Å². The zero-order chi connectivity index (χ0) is 13.1. The smallest absolute Gasteiger partial charge is 0.325 e. The molecule has 1 rings (SSSR count). The minimum Gasteiger partial charge on any atom is -0.465 e. The fourth-order valence-electron chi connectivity index (χ4n) is 1.56. The summed E-state index contributed by atoms with van der Waals surface area (Å²) in [6.07, 6.45) is 1.95. The number of nitrogens with zero attached hydrogens (tertiary/aromatic N) is 1. The summed E-state index contributed by atoms with van der Waals surface area (Å²) >= 11 is 0. The number of ether oxygens (including phenoxy) is 1. The van der Waals surface area contributed by atoms with Gasteiger partial charge in [-0.1, -0.05) is 0 Å². The second-order valence-corrected chi connectivity index (χ2v) is 4.84. The Bertz CT molecular complexity index is 298. The predicted octanol–water partition coefficient (Wildman–Crippen LogP) is 0.539. The number of hydrogen-bond acceptors (Lipinski definition) is 4. The number of carbonyl (C=O) groups excluding carboxylic acids is 2. The predicted molar refractivity (Wildman–Crippen MR) is 64.5 cm³/mol. The normalized spacial score (nSPS) is 15.5. The average Bonchev–Trinajstić information content (AvgIpc) is 3.09. The fraction of sp³-hybridized carbons (Fsp3) is 0.833. The van der Waals surface area contributed by atoms with E-state index < -0.39 is 5.54 Å². The first-order valence-electron chi connectivity index (χ1n) is 6.08. The van der Waals surface area contributed by atoms with Gasteiger partial charge in [0.05, 0.1) is 12.1 Å². The molecule has 0 aliphatic heterocycles. The van der Waals surface area contributed by atoms with Crippen LogP contribution in [0, 0.1) is 0 Å². The third kappa shape index (κ3) is 3.70. The molecular weight excluding hydrogens is 220 g/mol. The van der Waals surface area contributed by atoms with Crippen molar-refractivity contribution < 1.29 is 14.3 Å². The Labute approximate surface area is 102 Å². The van der Waals surface area contributed by atoms with E-state index in [9.17, 15) is 9.59 Å². The quantitative estimate of drug-likeness (QED) is 0.691. The highest BCUT2D eigenvalue weighted by Crippen LogP contribution is 2.28. The van der Waals surface area contributed by atoms with Gasteiger partial charge in [0.25, 0.3) is 0 Å². The molecule has 1 aliphatic carbocycles. The van der Waals surface area contributed by atoms with Crippen LogP contribution in [-0.2, 0) is 14.3 Å². The molecule has 0 aromatic heterocycles. The first-order valence-corrected chi connectivity index (χ1v) is 6.08. The number of hydrogen-bond donors (Lipinski definition) is 1. The lowest BCUT2D eigenvalue weighted by molar-refractivity contribution is -0.151. The van der Waals surface area contributed by atoms with Crippen molar-refractivity contribution in [2.75, 3.05) is 20.2 Å². The molecule has 17 heavy (non-hydrogen) atoms. The molecule has 98 valence electrons. The second kappa shape index (κ2) is 5.49. The minimum absolute atomic E-state index is 0.0458. The van der Waals surface area contributed by atoms with Gasteiger partial charge in [-0.15, -0.1) is 0 Å². The highest BCUT2D eigenvalue weighted by molar-refractivity contribution is 5.89. The van der Waals surface area contributed by atoms with Crippen LogP contribution in [0.2, 0.25) is 0 Å². The largest absolute Gasteiger partial charge is 0.465 e. The Morgan fingerprint density at radius 1 is 1.41 bits per heavy atom. The molecule has 5 heteroatoms. The van der Waals surface area contributed by atoms with E-state index in [2.05, 4.69) is 5.32 Å². The molecule has 0 radical (unpaired) electrons. The topological polar surface area (TPSA) is 58.6 Å². The Morgan fingerprint density at radius 2 is 2.00 bits per heavy atom. The van der Waals surface area contributed by atoms with Crippen molar-refractivity contribution in [3.05, 3.63) is 0 Å². The summed E-state index contributed by atoms with van der Waals surface area (Å²) in [7, 11) is 1.74. The summed E-state index contributed by atoms with van der Waals surface area (Å²) < 4.78 is 4.89. The number of amides is 1.